The molecule has 1 aliphatic carbocycles. The van der Waals surface area contributed by atoms with Crippen LogP contribution in [0.25, 0.3) is 0 Å². The fraction of sp³-hybridized carbons (Fsp3) is 0.875. The van der Waals surface area contributed by atoms with Crippen molar-refractivity contribution in [2.45, 2.75) is 36.4 Å². The summed E-state index contributed by atoms with van der Waals surface area (Å²) >= 11 is 0. The Balaban J connectivity index is 2.96. The van der Waals surface area contributed by atoms with Crippen molar-refractivity contribution in [1.29, 1.82) is 0 Å². The molecule has 0 bridgehead atoms. The first-order valence-electron chi connectivity index (χ1n) is 4.37. The molecule has 1 aliphatic rings. The van der Waals surface area contributed by atoms with E-state index in [2.05, 4.69) is 4.74 Å². The zero-order chi connectivity index (χ0) is 11.8. The number of ether oxygens (including phenoxy) is 1. The van der Waals surface area contributed by atoms with Gasteiger partial charge in [0, 0.05) is 6.42 Å². The Labute approximate surface area is 85.5 Å². The van der Waals surface area contributed by atoms with Crippen LogP contribution in [0.2, 0.25) is 0 Å². The number of methoxy groups -OCH3 is 1. The van der Waals surface area contributed by atoms with Gasteiger partial charge in [-0.1, -0.05) is 0 Å². The van der Waals surface area contributed by atoms with Gasteiger partial charge in [-0.2, -0.15) is 0 Å². The van der Waals surface area contributed by atoms with Crippen molar-refractivity contribution in [3.8, 4) is 0 Å². The summed E-state index contributed by atoms with van der Waals surface area (Å²) < 4.78 is 4.24. The lowest BCUT2D eigenvalue weighted by molar-refractivity contribution is -0.228. The maximum Gasteiger partial charge on any atom is 0.340 e. The highest BCUT2D eigenvalue weighted by atomic mass is 16.5. The molecule has 1 rings (SSSR count). The molecular weight excluding hydrogens is 208 g/mol. The standard InChI is InChI=1S/C8H14O7/c1-15-7(13)8(14)2-3(9)4(10)5(11)6(8)12/h3-6,9-12,14H,2H2,1H3/t3-,4+,5+,6+,8-/m1/s1. The van der Waals surface area contributed by atoms with Crippen LogP contribution < -0.4 is 0 Å². The number of carbonyl (C=O) groups is 1. The molecule has 1 saturated carbocycles. The van der Waals surface area contributed by atoms with E-state index in [-0.39, 0.29) is 0 Å². The van der Waals surface area contributed by atoms with Crippen molar-refractivity contribution in [3.05, 3.63) is 0 Å². The van der Waals surface area contributed by atoms with Gasteiger partial charge in [0.25, 0.3) is 0 Å². The third-order valence-electron chi connectivity index (χ3n) is 2.62. The van der Waals surface area contributed by atoms with Gasteiger partial charge >= 0.3 is 5.97 Å². The molecule has 0 radical (unpaired) electrons. The predicted octanol–water partition coefficient (Wildman–Crippen LogP) is -3.26. The number of esters is 1. The van der Waals surface area contributed by atoms with E-state index in [9.17, 15) is 30.3 Å². The van der Waals surface area contributed by atoms with E-state index < -0.39 is 42.4 Å². The largest absolute Gasteiger partial charge is 0.467 e. The Bertz CT molecular complexity index is 255. The summed E-state index contributed by atoms with van der Waals surface area (Å²) in [5.41, 5.74) is -2.40. The molecule has 1 fully saturated rings. The first kappa shape index (κ1) is 12.3. The van der Waals surface area contributed by atoms with Crippen LogP contribution in [-0.4, -0.2) is 68.6 Å². The van der Waals surface area contributed by atoms with Crippen LogP contribution in [0.3, 0.4) is 0 Å². The normalized spacial score (nSPS) is 46.3. The number of aliphatic hydroxyl groups excluding tert-OH is 4. The topological polar surface area (TPSA) is 127 Å². The highest BCUT2D eigenvalue weighted by Gasteiger charge is 2.56. The lowest BCUT2D eigenvalue weighted by atomic mass is 9.77. The third kappa shape index (κ3) is 1.84. The zero-order valence-corrected chi connectivity index (χ0v) is 8.07. The molecule has 0 aliphatic heterocycles. The average Bonchev–Trinajstić information content (AvgIpc) is 2.22. The first-order chi connectivity index (χ1) is 6.84. The molecule has 7 heteroatoms. The van der Waals surface area contributed by atoms with Crippen LogP contribution in [0.1, 0.15) is 6.42 Å². The van der Waals surface area contributed by atoms with Crippen LogP contribution >= 0.6 is 0 Å². The van der Waals surface area contributed by atoms with Gasteiger partial charge in [0.1, 0.15) is 18.3 Å². The lowest BCUT2D eigenvalue weighted by Crippen LogP contribution is -2.66. The van der Waals surface area contributed by atoms with E-state index in [0.29, 0.717) is 0 Å². The van der Waals surface area contributed by atoms with E-state index >= 15 is 0 Å². The van der Waals surface area contributed by atoms with Crippen LogP contribution in [0.5, 0.6) is 0 Å². The minimum absolute atomic E-state index is 0.598. The Morgan fingerprint density at radius 1 is 1.27 bits per heavy atom. The predicted molar refractivity (Wildman–Crippen MR) is 45.6 cm³/mol. The van der Waals surface area contributed by atoms with E-state index in [1.54, 1.807) is 0 Å². The van der Waals surface area contributed by atoms with E-state index in [1.165, 1.54) is 0 Å². The minimum atomic E-state index is -2.40. The molecule has 0 aromatic carbocycles. The van der Waals surface area contributed by atoms with Crippen LogP contribution in [-0.2, 0) is 9.53 Å². The maximum atomic E-state index is 11.2. The van der Waals surface area contributed by atoms with Crippen molar-refractivity contribution in [2.75, 3.05) is 7.11 Å². The molecule has 0 aromatic rings. The molecule has 15 heavy (non-hydrogen) atoms. The Hall–Kier alpha value is -0.730. The Morgan fingerprint density at radius 3 is 2.27 bits per heavy atom. The maximum absolute atomic E-state index is 11.2. The second-order valence-electron chi connectivity index (χ2n) is 3.61. The number of carbonyl (C=O) groups excluding carboxylic acids is 1. The van der Waals surface area contributed by atoms with Gasteiger partial charge in [0.05, 0.1) is 13.2 Å². The zero-order valence-electron chi connectivity index (χ0n) is 8.07. The molecule has 88 valence electrons. The van der Waals surface area contributed by atoms with E-state index in [4.69, 9.17) is 0 Å². The number of aliphatic hydroxyl groups is 5. The highest BCUT2D eigenvalue weighted by molar-refractivity contribution is 5.80. The second kappa shape index (κ2) is 4.03. The molecule has 5 atom stereocenters. The highest BCUT2D eigenvalue weighted by Crippen LogP contribution is 2.30. The fourth-order valence-corrected chi connectivity index (χ4v) is 1.64. The van der Waals surface area contributed by atoms with Gasteiger partial charge in [-0.05, 0) is 0 Å². The van der Waals surface area contributed by atoms with Crippen LogP contribution in [0.15, 0.2) is 0 Å². The monoisotopic (exact) mass is 222 g/mol. The number of rotatable bonds is 1. The van der Waals surface area contributed by atoms with Gasteiger partial charge in [-0.3, -0.25) is 0 Å². The molecule has 0 aromatic heterocycles. The van der Waals surface area contributed by atoms with Crippen molar-refractivity contribution >= 4 is 5.97 Å². The summed E-state index contributed by atoms with van der Waals surface area (Å²) in [6, 6.07) is 0. The molecule has 0 saturated heterocycles. The van der Waals surface area contributed by atoms with Gasteiger partial charge in [-0.15, -0.1) is 0 Å². The fourth-order valence-electron chi connectivity index (χ4n) is 1.64. The van der Waals surface area contributed by atoms with Gasteiger partial charge in [-0.25, -0.2) is 4.79 Å². The number of hydrogen-bond donors (Lipinski definition) is 5. The lowest BCUT2D eigenvalue weighted by Gasteiger charge is -2.42. The molecule has 0 spiro atoms. The van der Waals surface area contributed by atoms with Crippen molar-refractivity contribution < 1.29 is 35.1 Å². The Kier molecular flexibility index (Phi) is 3.31. The van der Waals surface area contributed by atoms with Gasteiger partial charge in [0.2, 0.25) is 0 Å². The van der Waals surface area contributed by atoms with Gasteiger partial charge in [0.15, 0.2) is 5.60 Å². The third-order valence-corrected chi connectivity index (χ3v) is 2.62. The molecule has 0 amide bonds. The van der Waals surface area contributed by atoms with E-state index in [1.807, 2.05) is 0 Å². The summed E-state index contributed by atoms with van der Waals surface area (Å²) in [6.07, 6.45) is -7.42. The molecule has 0 unspecified atom stereocenters. The quantitative estimate of drug-likeness (QED) is 0.295. The average molecular weight is 222 g/mol. The van der Waals surface area contributed by atoms with Crippen molar-refractivity contribution in [1.82, 2.24) is 0 Å². The second-order valence-corrected chi connectivity index (χ2v) is 3.61. The minimum Gasteiger partial charge on any atom is -0.467 e. The SMILES string of the molecule is COC(=O)[C@@]1(O)C[C@@H](O)[C@H](O)[C@H](O)[C@@H]1O. The molecule has 0 heterocycles. The summed E-state index contributed by atoms with van der Waals surface area (Å²) in [6.45, 7) is 0. The molecule has 7 nitrogen and oxygen atoms in total. The summed E-state index contributed by atoms with van der Waals surface area (Å²) in [5.74, 6) is -1.17. The van der Waals surface area contributed by atoms with Gasteiger partial charge < -0.3 is 30.3 Å². The molecular formula is C8H14O7. The Morgan fingerprint density at radius 2 is 1.80 bits per heavy atom. The number of hydrogen-bond acceptors (Lipinski definition) is 7. The van der Waals surface area contributed by atoms with Crippen LogP contribution in [0, 0.1) is 0 Å². The van der Waals surface area contributed by atoms with Crippen LogP contribution in [0.4, 0.5) is 0 Å². The van der Waals surface area contributed by atoms with Crippen molar-refractivity contribution in [3.63, 3.8) is 0 Å². The summed E-state index contributed by atoms with van der Waals surface area (Å²) in [7, 11) is 0.997. The molecule has 5 N–H and O–H groups in total. The van der Waals surface area contributed by atoms with E-state index in [0.717, 1.165) is 7.11 Å². The van der Waals surface area contributed by atoms with Crippen molar-refractivity contribution in [2.24, 2.45) is 0 Å². The smallest absolute Gasteiger partial charge is 0.340 e. The summed E-state index contributed by atoms with van der Waals surface area (Å²) in [4.78, 5) is 11.2. The summed E-state index contributed by atoms with van der Waals surface area (Å²) in [5, 5.41) is 46.8. The first-order valence-corrected chi connectivity index (χ1v) is 4.37.